The maximum Gasteiger partial charge on any atom is 0.416 e. The molecule has 1 unspecified atom stereocenters. The summed E-state index contributed by atoms with van der Waals surface area (Å²) < 4.78 is 59.2. The van der Waals surface area contributed by atoms with Gasteiger partial charge < -0.3 is 20.4 Å². The standard InChI is InChI=1S/C28H30F3N5O2S.H2O/c1-3-38-25-9-7-21(28(29,30)31)18-24(25)23-5-4-12-36-26(23)33-27(34-36)32-22-8-6-19-10-13-35(15-16-39(2)37)14-11-20(19)17-22;/h4-9,12,17-18H,3,10-11,13-16H2,1-2H3,(H,32,34);1H2. The fraction of sp³-hybridized carbons (Fsp3) is 0.357. The molecule has 3 heterocycles. The van der Waals surface area contributed by atoms with Crippen LogP contribution in [-0.2, 0) is 29.8 Å². The van der Waals surface area contributed by atoms with Crippen molar-refractivity contribution in [3.63, 3.8) is 0 Å². The third-order valence-corrected chi connectivity index (χ3v) is 7.57. The fourth-order valence-corrected chi connectivity index (χ4v) is 5.34. The molecule has 0 saturated carbocycles. The molecule has 2 aromatic heterocycles. The number of fused-ring (bicyclic) bond motifs is 2. The zero-order valence-electron chi connectivity index (χ0n) is 22.3. The van der Waals surface area contributed by atoms with Crippen molar-refractivity contribution in [3.8, 4) is 16.9 Å². The summed E-state index contributed by atoms with van der Waals surface area (Å²) in [5.41, 5.74) is 3.82. The first-order valence-corrected chi connectivity index (χ1v) is 14.5. The Morgan fingerprint density at radius 2 is 1.82 bits per heavy atom. The van der Waals surface area contributed by atoms with Crippen LogP contribution in [0.2, 0.25) is 0 Å². The summed E-state index contributed by atoms with van der Waals surface area (Å²) in [6.45, 7) is 4.77. The van der Waals surface area contributed by atoms with Gasteiger partial charge in [-0.15, -0.1) is 5.10 Å². The highest BCUT2D eigenvalue weighted by Crippen LogP contribution is 2.38. The summed E-state index contributed by atoms with van der Waals surface area (Å²) in [5, 5.41) is 7.78. The number of hydrogen-bond acceptors (Lipinski definition) is 6. The number of anilines is 2. The molecule has 8 nitrogen and oxygen atoms in total. The van der Waals surface area contributed by atoms with Crippen molar-refractivity contribution < 1.29 is 27.6 Å². The van der Waals surface area contributed by atoms with Crippen molar-refractivity contribution in [2.75, 3.05) is 43.6 Å². The molecule has 0 saturated heterocycles. The average Bonchev–Trinajstić information content (AvgIpc) is 3.20. The summed E-state index contributed by atoms with van der Waals surface area (Å²) in [4.78, 5) is 6.98. The van der Waals surface area contributed by atoms with E-state index in [1.165, 1.54) is 17.2 Å². The van der Waals surface area contributed by atoms with Gasteiger partial charge in [-0.05, 0) is 73.4 Å². The van der Waals surface area contributed by atoms with Gasteiger partial charge >= 0.3 is 6.18 Å². The van der Waals surface area contributed by atoms with Crippen molar-refractivity contribution in [2.24, 2.45) is 0 Å². The Morgan fingerprint density at radius 3 is 2.55 bits per heavy atom. The Kier molecular flexibility index (Phi) is 9.12. The van der Waals surface area contributed by atoms with Gasteiger partial charge in [-0.1, -0.05) is 6.07 Å². The molecular weight excluding hydrogens is 543 g/mol. The van der Waals surface area contributed by atoms with E-state index in [0.717, 1.165) is 50.3 Å². The normalized spacial score (nSPS) is 14.7. The Bertz CT molecular complexity index is 1510. The molecule has 0 spiro atoms. The average molecular weight is 576 g/mol. The third kappa shape index (κ3) is 6.62. The first-order chi connectivity index (χ1) is 18.7. The molecule has 12 heteroatoms. The van der Waals surface area contributed by atoms with Crippen LogP contribution in [0.4, 0.5) is 24.8 Å². The molecule has 0 bridgehead atoms. The number of ether oxygens (including phenoxy) is 1. The Morgan fingerprint density at radius 1 is 1.05 bits per heavy atom. The lowest BCUT2D eigenvalue weighted by Crippen LogP contribution is -2.30. The monoisotopic (exact) mass is 575 g/mol. The van der Waals surface area contributed by atoms with Crippen molar-refractivity contribution in [3.05, 3.63) is 71.4 Å². The van der Waals surface area contributed by atoms with Crippen LogP contribution in [0.25, 0.3) is 16.8 Å². The number of benzene rings is 2. The second kappa shape index (κ2) is 12.4. The lowest BCUT2D eigenvalue weighted by molar-refractivity contribution is -0.137. The molecule has 5 rings (SSSR count). The smallest absolute Gasteiger partial charge is 0.416 e. The fourth-order valence-electron chi connectivity index (χ4n) is 4.83. The minimum absolute atomic E-state index is 0. The van der Waals surface area contributed by atoms with Gasteiger partial charge in [0.25, 0.3) is 0 Å². The highest BCUT2D eigenvalue weighted by molar-refractivity contribution is 7.84. The van der Waals surface area contributed by atoms with E-state index in [1.807, 2.05) is 6.07 Å². The second-order valence-electron chi connectivity index (χ2n) is 9.49. The molecule has 0 radical (unpaired) electrons. The first-order valence-electron chi connectivity index (χ1n) is 12.8. The van der Waals surface area contributed by atoms with E-state index >= 15 is 0 Å². The summed E-state index contributed by atoms with van der Waals surface area (Å²) in [5.74, 6) is 1.37. The number of rotatable bonds is 8. The van der Waals surface area contributed by atoms with Crippen molar-refractivity contribution in [2.45, 2.75) is 25.9 Å². The Hall–Kier alpha value is -3.48. The van der Waals surface area contributed by atoms with Crippen LogP contribution >= 0.6 is 0 Å². The highest BCUT2D eigenvalue weighted by Gasteiger charge is 2.31. The van der Waals surface area contributed by atoms with Crippen LogP contribution in [0, 0.1) is 0 Å². The highest BCUT2D eigenvalue weighted by atomic mass is 32.2. The maximum atomic E-state index is 13.5. The lowest BCUT2D eigenvalue weighted by Gasteiger charge is -2.18. The first kappa shape index (κ1) is 29.5. The van der Waals surface area contributed by atoms with E-state index < -0.39 is 22.5 Å². The van der Waals surface area contributed by atoms with Gasteiger partial charge in [-0.25, -0.2) is 4.52 Å². The number of halogens is 3. The molecule has 214 valence electrons. The van der Waals surface area contributed by atoms with Crippen LogP contribution in [0.15, 0.2) is 54.7 Å². The minimum Gasteiger partial charge on any atom is -0.493 e. The van der Waals surface area contributed by atoms with E-state index in [-0.39, 0.29) is 5.48 Å². The third-order valence-electron chi connectivity index (χ3n) is 6.81. The Balaban J connectivity index is 0.00000370. The lowest BCUT2D eigenvalue weighted by atomic mass is 10.0. The zero-order valence-corrected chi connectivity index (χ0v) is 23.1. The van der Waals surface area contributed by atoms with Gasteiger partial charge in [0.1, 0.15) is 5.75 Å². The molecule has 0 fully saturated rings. The van der Waals surface area contributed by atoms with E-state index in [1.54, 1.807) is 36.0 Å². The summed E-state index contributed by atoms with van der Waals surface area (Å²) >= 11 is 0. The topological polar surface area (TPSA) is 103 Å². The maximum absolute atomic E-state index is 13.5. The van der Waals surface area contributed by atoms with Gasteiger partial charge in [0.15, 0.2) is 5.65 Å². The molecule has 3 N–H and O–H groups in total. The SMILES string of the molecule is CCOc1ccc(C(F)(F)F)cc1-c1cccn2nc(Nc3ccc4c(c3)CCN(CCS(C)=O)CC4)nc12.O. The van der Waals surface area contributed by atoms with Gasteiger partial charge in [0.2, 0.25) is 5.95 Å². The summed E-state index contributed by atoms with van der Waals surface area (Å²) in [6, 6.07) is 13.1. The van der Waals surface area contributed by atoms with Crippen LogP contribution < -0.4 is 10.1 Å². The van der Waals surface area contributed by atoms with Gasteiger partial charge in [0.05, 0.1) is 12.2 Å². The molecular formula is C28H32F3N5O3S. The molecule has 2 aromatic carbocycles. The number of alkyl halides is 3. The van der Waals surface area contributed by atoms with Crippen LogP contribution in [0.1, 0.15) is 23.6 Å². The molecule has 4 aromatic rings. The zero-order chi connectivity index (χ0) is 27.6. The molecule has 40 heavy (non-hydrogen) atoms. The predicted octanol–water partition coefficient (Wildman–Crippen LogP) is 4.51. The van der Waals surface area contributed by atoms with Crippen LogP contribution in [-0.4, -0.2) is 67.4 Å². The second-order valence-corrected chi connectivity index (χ2v) is 11.0. The van der Waals surface area contributed by atoms with E-state index in [4.69, 9.17) is 4.74 Å². The van der Waals surface area contributed by atoms with Crippen LogP contribution in [0.3, 0.4) is 0 Å². The van der Waals surface area contributed by atoms with E-state index in [2.05, 4.69) is 32.4 Å². The van der Waals surface area contributed by atoms with E-state index in [9.17, 15) is 17.4 Å². The van der Waals surface area contributed by atoms with Gasteiger partial charge in [0, 0.05) is 65.5 Å². The molecule has 1 atom stereocenters. The molecule has 0 aliphatic carbocycles. The van der Waals surface area contributed by atoms with E-state index in [0.29, 0.717) is 40.8 Å². The molecule has 0 amide bonds. The number of pyridine rings is 1. The largest absolute Gasteiger partial charge is 0.493 e. The summed E-state index contributed by atoms with van der Waals surface area (Å²) in [6.07, 6.45) is 0.779. The number of hydrogen-bond donors (Lipinski definition) is 1. The van der Waals surface area contributed by atoms with Crippen molar-refractivity contribution in [1.29, 1.82) is 0 Å². The van der Waals surface area contributed by atoms with Gasteiger partial charge in [-0.3, -0.25) is 4.21 Å². The van der Waals surface area contributed by atoms with Gasteiger partial charge in [-0.2, -0.15) is 18.2 Å². The predicted molar refractivity (Wildman–Crippen MR) is 151 cm³/mol. The minimum atomic E-state index is -4.48. The number of nitrogens with zero attached hydrogens (tertiary/aromatic N) is 4. The van der Waals surface area contributed by atoms with Crippen LogP contribution in [0.5, 0.6) is 5.75 Å². The Labute approximate surface area is 232 Å². The van der Waals surface area contributed by atoms with Crippen molar-refractivity contribution >= 4 is 28.1 Å². The molecule has 1 aliphatic heterocycles. The van der Waals surface area contributed by atoms with Crippen molar-refractivity contribution in [1.82, 2.24) is 19.5 Å². The number of aromatic nitrogens is 3. The quantitative estimate of drug-likeness (QED) is 0.332. The summed E-state index contributed by atoms with van der Waals surface area (Å²) in [7, 11) is -0.803. The molecule has 1 aliphatic rings. The number of nitrogens with one attached hydrogen (secondary N) is 1.